The van der Waals surface area contributed by atoms with Gasteiger partial charge in [0.2, 0.25) is 5.91 Å². The first-order valence-corrected chi connectivity index (χ1v) is 7.65. The van der Waals surface area contributed by atoms with Crippen LogP contribution in [0, 0.1) is 11.8 Å². The molecule has 0 saturated heterocycles. The zero-order valence-electron chi connectivity index (χ0n) is 13.0. The largest absolute Gasteiger partial charge is 0.352 e. The minimum atomic E-state index is 0. The van der Waals surface area contributed by atoms with Crippen molar-refractivity contribution in [2.24, 2.45) is 17.6 Å². The maximum Gasteiger partial charge on any atom is 0.224 e. The van der Waals surface area contributed by atoms with E-state index in [0.717, 1.165) is 12.0 Å². The molecule has 1 aromatic carbocycles. The average Bonchev–Trinajstić information content (AvgIpc) is 3.22. The van der Waals surface area contributed by atoms with Crippen molar-refractivity contribution in [3.63, 3.8) is 0 Å². The number of benzene rings is 1. The van der Waals surface area contributed by atoms with Gasteiger partial charge in [-0.25, -0.2) is 0 Å². The van der Waals surface area contributed by atoms with E-state index in [4.69, 9.17) is 5.73 Å². The zero-order chi connectivity index (χ0) is 14.5. The monoisotopic (exact) mass is 310 g/mol. The van der Waals surface area contributed by atoms with Crippen LogP contribution >= 0.6 is 12.4 Å². The molecule has 4 heteroatoms. The van der Waals surface area contributed by atoms with Crippen LogP contribution in [0.3, 0.4) is 0 Å². The second kappa shape index (κ2) is 8.40. The summed E-state index contributed by atoms with van der Waals surface area (Å²) in [5.74, 6) is 1.36. The lowest BCUT2D eigenvalue weighted by atomic mass is 10.0. The molecule has 1 saturated carbocycles. The molecule has 0 heterocycles. The molecule has 1 atom stereocenters. The van der Waals surface area contributed by atoms with Crippen LogP contribution in [0.25, 0.3) is 0 Å². The Balaban J connectivity index is 0.00000220. The molecule has 0 aromatic heterocycles. The maximum atomic E-state index is 12.0. The Morgan fingerprint density at radius 2 is 1.81 bits per heavy atom. The Bertz CT molecular complexity index is 441. The van der Waals surface area contributed by atoms with Crippen molar-refractivity contribution >= 4 is 18.3 Å². The standard InChI is InChI=1S/C17H26N2O.ClH/c1-12(2)9-13-3-5-14(6-4-13)10-17(20)19-16(11-18)15-7-8-15;/h3-6,12,15-16H,7-11,18H2,1-2H3,(H,19,20);1H. The Kier molecular flexibility index (Phi) is 7.20. The average molecular weight is 311 g/mol. The van der Waals surface area contributed by atoms with Crippen LogP contribution in [0.4, 0.5) is 0 Å². The number of rotatable bonds is 7. The van der Waals surface area contributed by atoms with Crippen LogP contribution in [0.1, 0.15) is 37.8 Å². The van der Waals surface area contributed by atoms with Crippen LogP contribution < -0.4 is 11.1 Å². The summed E-state index contributed by atoms with van der Waals surface area (Å²) in [6, 6.07) is 8.55. The van der Waals surface area contributed by atoms with E-state index in [0.29, 0.717) is 24.8 Å². The number of carbonyl (C=O) groups is 1. The third-order valence-corrected chi connectivity index (χ3v) is 3.82. The van der Waals surface area contributed by atoms with Gasteiger partial charge in [0.25, 0.3) is 0 Å². The van der Waals surface area contributed by atoms with Gasteiger partial charge in [-0.2, -0.15) is 0 Å². The number of carbonyl (C=O) groups excluding carboxylic acids is 1. The lowest BCUT2D eigenvalue weighted by Crippen LogP contribution is -2.42. The molecule has 3 nitrogen and oxygen atoms in total. The Morgan fingerprint density at radius 3 is 2.29 bits per heavy atom. The highest BCUT2D eigenvalue weighted by Gasteiger charge is 2.31. The summed E-state index contributed by atoms with van der Waals surface area (Å²) in [5.41, 5.74) is 8.11. The SMILES string of the molecule is CC(C)Cc1ccc(CC(=O)NC(CN)C2CC2)cc1.Cl. The summed E-state index contributed by atoms with van der Waals surface area (Å²) in [5, 5.41) is 3.06. The lowest BCUT2D eigenvalue weighted by Gasteiger charge is -2.16. The molecule has 2 rings (SSSR count). The molecule has 118 valence electrons. The van der Waals surface area contributed by atoms with Crippen molar-refractivity contribution in [1.82, 2.24) is 5.32 Å². The fourth-order valence-electron chi connectivity index (χ4n) is 2.58. The second-order valence-corrected chi connectivity index (χ2v) is 6.34. The van der Waals surface area contributed by atoms with E-state index in [-0.39, 0.29) is 24.4 Å². The van der Waals surface area contributed by atoms with Gasteiger partial charge in [0.05, 0.1) is 6.42 Å². The number of hydrogen-bond donors (Lipinski definition) is 2. The third-order valence-electron chi connectivity index (χ3n) is 3.82. The predicted octanol–water partition coefficient (Wildman–Crippen LogP) is 2.70. The lowest BCUT2D eigenvalue weighted by molar-refractivity contribution is -0.121. The van der Waals surface area contributed by atoms with E-state index < -0.39 is 0 Å². The van der Waals surface area contributed by atoms with Crippen LogP contribution in [0.2, 0.25) is 0 Å². The van der Waals surface area contributed by atoms with E-state index in [1.807, 2.05) is 0 Å². The van der Waals surface area contributed by atoms with E-state index in [9.17, 15) is 4.79 Å². The van der Waals surface area contributed by atoms with Crippen molar-refractivity contribution < 1.29 is 4.79 Å². The number of halogens is 1. The topological polar surface area (TPSA) is 55.1 Å². The van der Waals surface area contributed by atoms with Crippen LogP contribution in [0.5, 0.6) is 0 Å². The summed E-state index contributed by atoms with van der Waals surface area (Å²) in [4.78, 5) is 12.0. The molecule has 1 unspecified atom stereocenters. The highest BCUT2D eigenvalue weighted by molar-refractivity contribution is 5.85. The van der Waals surface area contributed by atoms with Crippen LogP contribution in [-0.4, -0.2) is 18.5 Å². The van der Waals surface area contributed by atoms with Gasteiger partial charge in [-0.15, -0.1) is 12.4 Å². The van der Waals surface area contributed by atoms with E-state index in [1.54, 1.807) is 0 Å². The van der Waals surface area contributed by atoms with Gasteiger partial charge in [0.1, 0.15) is 0 Å². The summed E-state index contributed by atoms with van der Waals surface area (Å²) in [6.07, 6.45) is 3.94. The van der Waals surface area contributed by atoms with Crippen molar-refractivity contribution in [1.29, 1.82) is 0 Å². The third kappa shape index (κ3) is 6.06. The quantitative estimate of drug-likeness (QED) is 0.813. The highest BCUT2D eigenvalue weighted by Crippen LogP contribution is 2.32. The first-order valence-electron chi connectivity index (χ1n) is 7.65. The molecule has 1 amide bonds. The highest BCUT2D eigenvalue weighted by atomic mass is 35.5. The molecule has 0 spiro atoms. The fourth-order valence-corrected chi connectivity index (χ4v) is 2.58. The van der Waals surface area contributed by atoms with Crippen LogP contribution in [-0.2, 0) is 17.6 Å². The zero-order valence-corrected chi connectivity index (χ0v) is 13.8. The van der Waals surface area contributed by atoms with Gasteiger partial charge >= 0.3 is 0 Å². The summed E-state index contributed by atoms with van der Waals surface area (Å²) >= 11 is 0. The second-order valence-electron chi connectivity index (χ2n) is 6.34. The number of nitrogens with two attached hydrogens (primary N) is 1. The minimum Gasteiger partial charge on any atom is -0.352 e. The number of amides is 1. The smallest absolute Gasteiger partial charge is 0.224 e. The molecule has 21 heavy (non-hydrogen) atoms. The van der Waals surface area contributed by atoms with Crippen molar-refractivity contribution in [3.8, 4) is 0 Å². The predicted molar refractivity (Wildman–Crippen MR) is 89.6 cm³/mol. The van der Waals surface area contributed by atoms with Crippen molar-refractivity contribution in [2.75, 3.05) is 6.54 Å². The van der Waals surface area contributed by atoms with E-state index in [2.05, 4.69) is 43.4 Å². The molecular weight excluding hydrogens is 284 g/mol. The Labute approximate surface area is 134 Å². The van der Waals surface area contributed by atoms with Gasteiger partial charge in [-0.05, 0) is 42.2 Å². The fraction of sp³-hybridized carbons (Fsp3) is 0.588. The van der Waals surface area contributed by atoms with Gasteiger partial charge in [-0.1, -0.05) is 38.1 Å². The minimum absolute atomic E-state index is 0. The summed E-state index contributed by atoms with van der Waals surface area (Å²) in [6.45, 7) is 4.97. The molecular formula is C17H27ClN2O. The van der Waals surface area contributed by atoms with Gasteiger partial charge in [-0.3, -0.25) is 4.79 Å². The molecule has 1 aliphatic carbocycles. The normalized spacial score (nSPS) is 15.4. The van der Waals surface area contributed by atoms with Crippen LogP contribution in [0.15, 0.2) is 24.3 Å². The van der Waals surface area contributed by atoms with E-state index >= 15 is 0 Å². The summed E-state index contributed by atoms with van der Waals surface area (Å²) in [7, 11) is 0. The first-order chi connectivity index (χ1) is 9.58. The molecule has 0 radical (unpaired) electrons. The molecule has 1 aromatic rings. The summed E-state index contributed by atoms with van der Waals surface area (Å²) < 4.78 is 0. The molecule has 1 fully saturated rings. The Hall–Kier alpha value is -1.06. The molecule has 0 bridgehead atoms. The van der Waals surface area contributed by atoms with Gasteiger partial charge in [0, 0.05) is 12.6 Å². The van der Waals surface area contributed by atoms with Crippen molar-refractivity contribution in [2.45, 2.75) is 45.6 Å². The molecule has 1 aliphatic rings. The first kappa shape index (κ1) is 18.0. The molecule has 3 N–H and O–H groups in total. The maximum absolute atomic E-state index is 12.0. The number of nitrogens with one attached hydrogen (secondary N) is 1. The number of hydrogen-bond acceptors (Lipinski definition) is 2. The van der Waals surface area contributed by atoms with Gasteiger partial charge in [0.15, 0.2) is 0 Å². The molecule has 0 aliphatic heterocycles. The Morgan fingerprint density at radius 1 is 1.24 bits per heavy atom. The van der Waals surface area contributed by atoms with Crippen molar-refractivity contribution in [3.05, 3.63) is 35.4 Å². The van der Waals surface area contributed by atoms with Gasteiger partial charge < -0.3 is 11.1 Å². The van der Waals surface area contributed by atoms with E-state index in [1.165, 1.54) is 18.4 Å².